The molecule has 4 heteroatoms. The van der Waals surface area contributed by atoms with Crippen molar-refractivity contribution in [3.8, 4) is 11.5 Å². The number of aromatic nitrogens is 1. The van der Waals surface area contributed by atoms with Crippen molar-refractivity contribution in [1.82, 2.24) is 9.56 Å². The van der Waals surface area contributed by atoms with Gasteiger partial charge < -0.3 is 9.73 Å². The van der Waals surface area contributed by atoms with Crippen LogP contribution in [0, 0.1) is 6.92 Å². The van der Waals surface area contributed by atoms with Crippen LogP contribution in [-0.2, 0) is 0 Å². The van der Waals surface area contributed by atoms with Crippen LogP contribution in [0.25, 0.3) is 22.6 Å². The van der Waals surface area contributed by atoms with Crippen molar-refractivity contribution < 1.29 is 4.42 Å². The third kappa shape index (κ3) is 2.93. The molecule has 0 unspecified atom stereocenters. The van der Waals surface area contributed by atoms with Gasteiger partial charge in [0.1, 0.15) is 24.3 Å². The minimum absolute atomic E-state index is 0.824. The van der Waals surface area contributed by atoms with Gasteiger partial charge in [-0.05, 0) is 45.4 Å². The fourth-order valence-corrected chi connectivity index (χ4v) is 2.98. The first kappa shape index (κ1) is 15.5. The standard InChI is InChI=1S/C19H23N3O/c1-5-20-14-10-13(4)19-18(11-14)23-17-12-15(22(6-2)7-3)8-9-16(17)21-19/h8-12H,5-7H2,1-4H3/p+1. The Labute approximate surface area is 136 Å². The van der Waals surface area contributed by atoms with Gasteiger partial charge in [-0.2, -0.15) is 0 Å². The van der Waals surface area contributed by atoms with Gasteiger partial charge in [-0.1, -0.05) is 0 Å². The highest BCUT2D eigenvalue weighted by Gasteiger charge is 2.13. The molecule has 1 aromatic rings. The molecular weight excluding hydrogens is 286 g/mol. The summed E-state index contributed by atoms with van der Waals surface area (Å²) in [5.74, 6) is 0.829. The van der Waals surface area contributed by atoms with Gasteiger partial charge in [0.15, 0.2) is 11.3 Å². The molecule has 0 radical (unpaired) electrons. The van der Waals surface area contributed by atoms with Crippen LogP contribution in [0.3, 0.4) is 0 Å². The molecule has 1 N–H and O–H groups in total. The zero-order valence-electron chi connectivity index (χ0n) is 14.3. The van der Waals surface area contributed by atoms with Gasteiger partial charge in [0.25, 0.3) is 0 Å². The largest absolute Gasteiger partial charge is 0.452 e. The topological polar surface area (TPSA) is 41.1 Å². The van der Waals surface area contributed by atoms with Crippen LogP contribution in [0.1, 0.15) is 26.3 Å². The summed E-state index contributed by atoms with van der Waals surface area (Å²) in [6.45, 7) is 11.3. The van der Waals surface area contributed by atoms with Gasteiger partial charge in [0.05, 0.1) is 6.07 Å². The van der Waals surface area contributed by atoms with E-state index in [9.17, 15) is 0 Å². The molecule has 1 heterocycles. The molecule has 0 bridgehead atoms. The Morgan fingerprint density at radius 2 is 1.87 bits per heavy atom. The fraction of sp³-hybridized carbons (Fsp3) is 0.368. The molecule has 3 rings (SSSR count). The molecule has 0 saturated carbocycles. The summed E-state index contributed by atoms with van der Waals surface area (Å²) >= 11 is 0. The van der Waals surface area contributed by atoms with E-state index in [4.69, 9.17) is 9.40 Å². The van der Waals surface area contributed by atoms with E-state index in [0.717, 1.165) is 53.4 Å². The second kappa shape index (κ2) is 6.41. The summed E-state index contributed by atoms with van der Waals surface area (Å²) in [4.78, 5) is 4.79. The minimum Gasteiger partial charge on any atom is -0.452 e. The lowest BCUT2D eigenvalue weighted by Gasteiger charge is -2.10. The van der Waals surface area contributed by atoms with E-state index in [1.165, 1.54) is 5.36 Å². The van der Waals surface area contributed by atoms with Crippen molar-refractivity contribution in [2.24, 2.45) is 0 Å². The predicted octanol–water partition coefficient (Wildman–Crippen LogP) is 3.48. The first-order chi connectivity index (χ1) is 11.2. The molecule has 0 spiro atoms. The number of fused-ring (bicyclic) bond motifs is 2. The van der Waals surface area contributed by atoms with Gasteiger partial charge >= 0.3 is 0 Å². The second-order valence-electron chi connectivity index (χ2n) is 5.71. The summed E-state index contributed by atoms with van der Waals surface area (Å²) in [7, 11) is 0. The molecule has 23 heavy (non-hydrogen) atoms. The predicted molar refractivity (Wildman–Crippen MR) is 95.9 cm³/mol. The average molecular weight is 310 g/mol. The molecule has 4 nitrogen and oxygen atoms in total. The summed E-state index contributed by atoms with van der Waals surface area (Å²) in [6.07, 6.45) is 0. The molecule has 0 fully saturated rings. The van der Waals surface area contributed by atoms with E-state index < -0.39 is 0 Å². The fourth-order valence-electron chi connectivity index (χ4n) is 2.98. The summed E-state index contributed by atoms with van der Waals surface area (Å²) in [5, 5.41) is 4.51. The number of nitrogens with zero attached hydrogens (tertiary/aromatic N) is 2. The van der Waals surface area contributed by atoms with Gasteiger partial charge in [-0.3, -0.25) is 0 Å². The van der Waals surface area contributed by atoms with E-state index in [-0.39, 0.29) is 0 Å². The molecule has 0 amide bonds. The lowest BCUT2D eigenvalue weighted by Crippen LogP contribution is -2.29. The van der Waals surface area contributed by atoms with Crippen molar-refractivity contribution in [2.75, 3.05) is 25.0 Å². The van der Waals surface area contributed by atoms with Gasteiger partial charge in [-0.25, -0.2) is 9.56 Å². The Morgan fingerprint density at radius 1 is 1.09 bits per heavy atom. The number of anilines is 1. The van der Waals surface area contributed by atoms with Gasteiger partial charge in [0, 0.05) is 24.4 Å². The molecule has 1 aromatic carbocycles. The van der Waals surface area contributed by atoms with E-state index in [1.54, 1.807) is 0 Å². The maximum Gasteiger partial charge on any atom is 0.203 e. The number of nitrogens with one attached hydrogen (secondary N) is 1. The Kier molecular flexibility index (Phi) is 4.33. The number of hydrogen-bond acceptors (Lipinski definition) is 3. The number of rotatable bonds is 4. The summed E-state index contributed by atoms with van der Waals surface area (Å²) in [6, 6.07) is 10.4. The molecule has 2 aliphatic rings. The maximum absolute atomic E-state index is 6.16. The summed E-state index contributed by atoms with van der Waals surface area (Å²) < 4.78 is 8.47. The molecular formula is C19H24N3O+. The SMILES string of the molecule is CCNc1cc(C)c2nc3ccc(=[N+](CC)CC)cc-3oc2c1. The minimum atomic E-state index is 0.824. The second-order valence-corrected chi connectivity index (χ2v) is 5.71. The Balaban J connectivity index is 2.27. The first-order valence-electron chi connectivity index (χ1n) is 8.33. The molecule has 1 aliphatic heterocycles. The summed E-state index contributed by atoms with van der Waals surface area (Å²) in [5.41, 5.74) is 4.84. The third-order valence-corrected chi connectivity index (χ3v) is 4.17. The van der Waals surface area contributed by atoms with Crippen molar-refractivity contribution in [3.05, 3.63) is 41.3 Å². The van der Waals surface area contributed by atoms with Crippen molar-refractivity contribution in [1.29, 1.82) is 0 Å². The third-order valence-electron chi connectivity index (χ3n) is 4.17. The highest BCUT2D eigenvalue weighted by molar-refractivity contribution is 5.83. The van der Waals surface area contributed by atoms with Crippen molar-refractivity contribution in [2.45, 2.75) is 27.7 Å². The van der Waals surface area contributed by atoms with Gasteiger partial charge in [-0.15, -0.1) is 0 Å². The number of hydrogen-bond donors (Lipinski definition) is 1. The highest BCUT2D eigenvalue weighted by Crippen LogP contribution is 2.28. The van der Waals surface area contributed by atoms with Crippen LogP contribution in [0.4, 0.5) is 5.69 Å². The first-order valence-corrected chi connectivity index (χ1v) is 8.33. The van der Waals surface area contributed by atoms with Crippen molar-refractivity contribution >= 4 is 16.8 Å². The molecule has 120 valence electrons. The molecule has 0 aromatic heterocycles. The quantitative estimate of drug-likeness (QED) is 0.592. The van der Waals surface area contributed by atoms with Crippen LogP contribution in [0.2, 0.25) is 0 Å². The molecule has 0 saturated heterocycles. The number of benzene rings is 2. The smallest absolute Gasteiger partial charge is 0.203 e. The Morgan fingerprint density at radius 3 is 2.57 bits per heavy atom. The van der Waals surface area contributed by atoms with Crippen LogP contribution < -0.4 is 15.2 Å². The Hall–Kier alpha value is -2.36. The maximum atomic E-state index is 6.16. The van der Waals surface area contributed by atoms with E-state index in [2.05, 4.69) is 55.8 Å². The zero-order chi connectivity index (χ0) is 16.4. The molecule has 1 aliphatic carbocycles. The van der Waals surface area contributed by atoms with E-state index in [0.29, 0.717) is 0 Å². The van der Waals surface area contributed by atoms with Crippen LogP contribution in [-0.4, -0.2) is 24.6 Å². The van der Waals surface area contributed by atoms with Crippen LogP contribution in [0.5, 0.6) is 0 Å². The zero-order valence-corrected chi connectivity index (χ0v) is 14.3. The monoisotopic (exact) mass is 310 g/mol. The molecule has 0 atom stereocenters. The average Bonchev–Trinajstić information content (AvgIpc) is 2.55. The lowest BCUT2D eigenvalue weighted by atomic mass is 10.1. The van der Waals surface area contributed by atoms with Crippen LogP contribution >= 0.6 is 0 Å². The highest BCUT2D eigenvalue weighted by atomic mass is 16.3. The number of aryl methyl sites for hydroxylation is 1. The Bertz CT molecular complexity index is 874. The van der Waals surface area contributed by atoms with E-state index in [1.807, 2.05) is 12.1 Å². The normalized spacial score (nSPS) is 11.1. The van der Waals surface area contributed by atoms with Crippen LogP contribution in [0.15, 0.2) is 34.7 Å². The lowest BCUT2D eigenvalue weighted by molar-refractivity contribution is 0.600. The van der Waals surface area contributed by atoms with Crippen molar-refractivity contribution in [3.63, 3.8) is 0 Å². The van der Waals surface area contributed by atoms with E-state index >= 15 is 0 Å². The van der Waals surface area contributed by atoms with Gasteiger partial charge in [0.2, 0.25) is 5.36 Å².